The van der Waals surface area contributed by atoms with Crippen LogP contribution >= 0.6 is 0 Å². The highest BCUT2D eigenvalue weighted by atomic mass is 16.4. The Bertz CT molecular complexity index is 1310. The second kappa shape index (κ2) is 15.9. The molecule has 1 atom stereocenters. The summed E-state index contributed by atoms with van der Waals surface area (Å²) in [5.74, 6) is -2.83. The van der Waals surface area contributed by atoms with Gasteiger partial charge < -0.3 is 10.4 Å². The average molecular weight is 595 g/mol. The number of aromatic nitrogens is 3. The highest BCUT2D eigenvalue weighted by Crippen LogP contribution is 2.32. The molecule has 1 aromatic carbocycles. The molecule has 4 amide bonds. The van der Waals surface area contributed by atoms with Crippen LogP contribution in [0.4, 0.5) is 5.69 Å². The molecule has 1 saturated heterocycles. The van der Waals surface area contributed by atoms with Crippen LogP contribution in [0, 0.1) is 0 Å². The number of imide groups is 2. The topological polar surface area (TPSA) is 164 Å². The first-order valence-electron chi connectivity index (χ1n) is 15.5. The van der Waals surface area contributed by atoms with Crippen molar-refractivity contribution in [2.45, 2.75) is 115 Å². The lowest BCUT2D eigenvalue weighted by Gasteiger charge is -2.27. The minimum Gasteiger partial charge on any atom is -0.481 e. The Balaban J connectivity index is 1.12. The number of piperidine rings is 1. The van der Waals surface area contributed by atoms with E-state index in [2.05, 4.69) is 20.9 Å². The molecular weight excluding hydrogens is 552 g/mol. The van der Waals surface area contributed by atoms with Crippen LogP contribution in [0.15, 0.2) is 24.4 Å². The van der Waals surface area contributed by atoms with Gasteiger partial charge in [0.15, 0.2) is 0 Å². The number of carbonyl (C=O) groups is 5. The molecule has 232 valence electrons. The fraction of sp³-hybridized carbons (Fsp3) is 0.581. The minimum atomic E-state index is -1.00. The molecule has 0 radical (unpaired) electrons. The zero-order chi connectivity index (χ0) is 30.6. The summed E-state index contributed by atoms with van der Waals surface area (Å²) in [6.07, 6.45) is 16.1. The summed E-state index contributed by atoms with van der Waals surface area (Å²) in [6.45, 7) is 1.10. The number of carboxylic acid groups (broad SMARTS) is 1. The number of rotatable bonds is 19. The number of nitrogens with zero attached hydrogens (tertiary/aromatic N) is 4. The third-order valence-electron chi connectivity index (χ3n) is 8.04. The number of hydrogen-bond donors (Lipinski definition) is 3. The molecule has 2 aliphatic heterocycles. The summed E-state index contributed by atoms with van der Waals surface area (Å²) in [5.41, 5.74) is 1.64. The van der Waals surface area contributed by atoms with E-state index in [9.17, 15) is 24.0 Å². The molecule has 4 rings (SSSR count). The van der Waals surface area contributed by atoms with Crippen molar-refractivity contribution >= 4 is 35.3 Å². The fourth-order valence-corrected chi connectivity index (χ4v) is 5.69. The van der Waals surface area contributed by atoms with E-state index in [1.807, 2.05) is 10.9 Å². The second-order valence-corrected chi connectivity index (χ2v) is 11.4. The van der Waals surface area contributed by atoms with Crippen molar-refractivity contribution < 1.29 is 29.1 Å². The lowest BCUT2D eigenvalue weighted by molar-refractivity contribution is -0.138. The van der Waals surface area contributed by atoms with Gasteiger partial charge in [-0.25, -0.2) is 0 Å². The standard InChI is InChI=1S/C31H42N6O6/c38-26-18-17-25(29(41)33-26)37-30(42)23-14-13-15-24(28(23)31(37)43)32-20-22-21-36(35-34-22)19-12-10-8-6-4-2-1-3-5-7-9-11-16-27(39)40/h13-15,21,25,32H,1-12,16-20H2,(H,39,40)(H,33,38,41). The number of anilines is 1. The van der Waals surface area contributed by atoms with Crippen molar-refractivity contribution in [3.63, 3.8) is 0 Å². The Kier molecular flexibility index (Phi) is 11.8. The van der Waals surface area contributed by atoms with Gasteiger partial charge in [0.05, 0.1) is 23.9 Å². The van der Waals surface area contributed by atoms with Gasteiger partial charge in [-0.1, -0.05) is 75.5 Å². The summed E-state index contributed by atoms with van der Waals surface area (Å²) >= 11 is 0. The normalized spacial score (nSPS) is 16.5. The number of amides is 4. The summed E-state index contributed by atoms with van der Waals surface area (Å²) in [5, 5.41) is 22.5. The van der Waals surface area contributed by atoms with Crippen molar-refractivity contribution in [3.05, 3.63) is 41.2 Å². The number of nitrogens with one attached hydrogen (secondary N) is 2. The van der Waals surface area contributed by atoms with Crippen LogP contribution in [0.1, 0.15) is 123 Å². The van der Waals surface area contributed by atoms with Crippen LogP contribution in [-0.4, -0.2) is 60.6 Å². The van der Waals surface area contributed by atoms with Crippen LogP contribution in [-0.2, 0) is 27.5 Å². The quantitative estimate of drug-likeness (QED) is 0.157. The zero-order valence-electron chi connectivity index (χ0n) is 24.7. The lowest BCUT2D eigenvalue weighted by Crippen LogP contribution is -2.54. The molecule has 0 bridgehead atoms. The van der Waals surface area contributed by atoms with Crippen LogP contribution in [0.2, 0.25) is 0 Å². The molecule has 3 heterocycles. The Hall–Kier alpha value is -4.09. The molecule has 43 heavy (non-hydrogen) atoms. The average Bonchev–Trinajstić information content (AvgIpc) is 3.54. The van der Waals surface area contributed by atoms with E-state index in [-0.39, 0.29) is 30.4 Å². The van der Waals surface area contributed by atoms with Gasteiger partial charge in [0, 0.05) is 25.1 Å². The van der Waals surface area contributed by atoms with Gasteiger partial charge in [-0.05, 0) is 31.4 Å². The third-order valence-corrected chi connectivity index (χ3v) is 8.04. The first-order chi connectivity index (χ1) is 20.8. The van der Waals surface area contributed by atoms with E-state index in [0.29, 0.717) is 17.9 Å². The maximum absolute atomic E-state index is 13.2. The molecule has 2 aromatic rings. The van der Waals surface area contributed by atoms with Crippen molar-refractivity contribution in [1.29, 1.82) is 0 Å². The monoisotopic (exact) mass is 594 g/mol. The molecule has 1 unspecified atom stereocenters. The zero-order valence-corrected chi connectivity index (χ0v) is 24.7. The van der Waals surface area contributed by atoms with E-state index >= 15 is 0 Å². The van der Waals surface area contributed by atoms with E-state index in [0.717, 1.165) is 43.5 Å². The molecule has 1 fully saturated rings. The van der Waals surface area contributed by atoms with Gasteiger partial charge in [0.1, 0.15) is 11.7 Å². The largest absolute Gasteiger partial charge is 0.481 e. The third kappa shape index (κ3) is 8.95. The molecule has 1 aromatic heterocycles. The molecule has 12 heteroatoms. The van der Waals surface area contributed by atoms with Crippen LogP contribution in [0.5, 0.6) is 0 Å². The Labute approximate surface area is 251 Å². The predicted molar refractivity (Wildman–Crippen MR) is 158 cm³/mol. The van der Waals surface area contributed by atoms with Gasteiger partial charge in [-0.3, -0.25) is 38.9 Å². The Morgan fingerprint density at radius 3 is 2.21 bits per heavy atom. The Morgan fingerprint density at radius 1 is 0.907 bits per heavy atom. The first-order valence-corrected chi connectivity index (χ1v) is 15.5. The number of unbranched alkanes of at least 4 members (excludes halogenated alkanes) is 11. The van der Waals surface area contributed by atoms with Crippen LogP contribution in [0.3, 0.4) is 0 Å². The number of hydrogen-bond acceptors (Lipinski definition) is 8. The van der Waals surface area contributed by atoms with Crippen molar-refractivity contribution in [1.82, 2.24) is 25.2 Å². The molecule has 0 spiro atoms. The molecular formula is C31H42N6O6. The second-order valence-electron chi connectivity index (χ2n) is 11.4. The van der Waals surface area contributed by atoms with Gasteiger partial charge in [0.25, 0.3) is 11.8 Å². The van der Waals surface area contributed by atoms with Gasteiger partial charge in [-0.2, -0.15) is 0 Å². The van der Waals surface area contributed by atoms with Gasteiger partial charge >= 0.3 is 5.97 Å². The smallest absolute Gasteiger partial charge is 0.303 e. The summed E-state index contributed by atoms with van der Waals surface area (Å²) in [6, 6.07) is 3.97. The first kappa shape index (κ1) is 31.8. The van der Waals surface area contributed by atoms with Crippen molar-refractivity contribution in [3.8, 4) is 0 Å². The highest BCUT2D eigenvalue weighted by Gasteiger charge is 2.45. The number of carbonyl (C=O) groups excluding carboxylic acids is 4. The highest BCUT2D eigenvalue weighted by molar-refractivity contribution is 6.25. The maximum Gasteiger partial charge on any atom is 0.303 e. The number of fused-ring (bicyclic) bond motifs is 1. The van der Waals surface area contributed by atoms with Crippen LogP contribution in [0.25, 0.3) is 0 Å². The number of aryl methyl sites for hydroxylation is 1. The summed E-state index contributed by atoms with van der Waals surface area (Å²) < 4.78 is 1.82. The number of benzene rings is 1. The molecule has 12 nitrogen and oxygen atoms in total. The maximum atomic E-state index is 13.2. The van der Waals surface area contributed by atoms with E-state index in [1.165, 1.54) is 44.9 Å². The SMILES string of the molecule is O=C(O)CCCCCCCCCCCCCCn1cc(CNc2cccc3c2C(=O)N(C2CCC(=O)NC2=O)C3=O)nn1. The molecule has 0 aliphatic carbocycles. The number of aliphatic carboxylic acids is 1. The van der Waals surface area contributed by atoms with Gasteiger partial charge in [0.2, 0.25) is 11.8 Å². The van der Waals surface area contributed by atoms with E-state index < -0.39 is 35.6 Å². The molecule has 2 aliphatic rings. The van der Waals surface area contributed by atoms with E-state index in [1.54, 1.807) is 18.2 Å². The van der Waals surface area contributed by atoms with Crippen molar-refractivity contribution in [2.24, 2.45) is 0 Å². The van der Waals surface area contributed by atoms with Gasteiger partial charge in [-0.15, -0.1) is 5.10 Å². The minimum absolute atomic E-state index is 0.0749. The van der Waals surface area contributed by atoms with Crippen molar-refractivity contribution in [2.75, 3.05) is 5.32 Å². The predicted octanol–water partition coefficient (Wildman–Crippen LogP) is 4.45. The lowest BCUT2D eigenvalue weighted by atomic mass is 10.0. The van der Waals surface area contributed by atoms with E-state index in [4.69, 9.17) is 5.11 Å². The Morgan fingerprint density at radius 2 is 1.56 bits per heavy atom. The molecule has 3 N–H and O–H groups in total. The summed E-state index contributed by atoms with van der Waals surface area (Å²) in [4.78, 5) is 61.6. The van der Waals surface area contributed by atoms with Crippen LogP contribution < -0.4 is 10.6 Å². The number of carboxylic acids is 1. The summed E-state index contributed by atoms with van der Waals surface area (Å²) in [7, 11) is 0. The fourth-order valence-electron chi connectivity index (χ4n) is 5.69. The molecule has 0 saturated carbocycles.